The van der Waals surface area contributed by atoms with Crippen molar-refractivity contribution in [1.29, 1.82) is 0 Å². The van der Waals surface area contributed by atoms with Crippen LogP contribution in [0, 0.1) is 0 Å². The fourth-order valence-electron chi connectivity index (χ4n) is 1.75. The second-order valence-electron chi connectivity index (χ2n) is 4.53. The van der Waals surface area contributed by atoms with Gasteiger partial charge in [-0.25, -0.2) is 0 Å². The molecule has 0 bridgehead atoms. The molecule has 1 aromatic rings. The van der Waals surface area contributed by atoms with Crippen LogP contribution in [0.4, 0.5) is 5.69 Å². The monoisotopic (exact) mass is 282 g/mol. The number of halogens is 1. The third-order valence-electron chi connectivity index (χ3n) is 2.78. The summed E-state index contributed by atoms with van der Waals surface area (Å²) in [6.45, 7) is 2.96. The van der Waals surface area contributed by atoms with Gasteiger partial charge in [0, 0.05) is 36.9 Å². The van der Waals surface area contributed by atoms with Crippen molar-refractivity contribution in [3.63, 3.8) is 0 Å². The van der Waals surface area contributed by atoms with E-state index in [0.29, 0.717) is 22.8 Å². The van der Waals surface area contributed by atoms with E-state index in [-0.39, 0.29) is 12.5 Å². The van der Waals surface area contributed by atoms with Gasteiger partial charge in [0.2, 0.25) is 5.91 Å². The van der Waals surface area contributed by atoms with Crippen molar-refractivity contribution in [2.24, 2.45) is 0 Å². The van der Waals surface area contributed by atoms with Crippen LogP contribution in [0.3, 0.4) is 0 Å². The molecule has 0 aromatic heterocycles. The number of anilines is 1. The van der Waals surface area contributed by atoms with Crippen molar-refractivity contribution in [2.75, 3.05) is 32.1 Å². The minimum Gasteiger partial charge on any atom is -0.362 e. The van der Waals surface area contributed by atoms with Gasteiger partial charge in [-0.15, -0.1) is 0 Å². The van der Waals surface area contributed by atoms with Crippen LogP contribution < -0.4 is 4.90 Å². The number of hydrogen-bond donors (Lipinski definition) is 0. The first kappa shape index (κ1) is 15.5. The molecule has 0 aliphatic heterocycles. The maximum Gasteiger partial charge on any atom is 0.241 e. The molecule has 4 nitrogen and oxygen atoms in total. The van der Waals surface area contributed by atoms with Gasteiger partial charge >= 0.3 is 0 Å². The Morgan fingerprint density at radius 2 is 2.05 bits per heavy atom. The number of benzene rings is 1. The molecule has 0 saturated carbocycles. The fourth-order valence-corrected chi connectivity index (χ4v) is 1.92. The smallest absolute Gasteiger partial charge is 0.241 e. The molecule has 19 heavy (non-hydrogen) atoms. The molecule has 0 aliphatic rings. The number of amides is 1. The van der Waals surface area contributed by atoms with Crippen LogP contribution in [0.5, 0.6) is 0 Å². The first-order chi connectivity index (χ1) is 8.99. The number of aldehydes is 1. The summed E-state index contributed by atoms with van der Waals surface area (Å²) in [6.07, 6.45) is 1.67. The van der Waals surface area contributed by atoms with Gasteiger partial charge in [-0.3, -0.25) is 9.59 Å². The van der Waals surface area contributed by atoms with E-state index in [0.717, 1.165) is 12.7 Å². The molecule has 0 radical (unpaired) electrons. The van der Waals surface area contributed by atoms with Gasteiger partial charge in [-0.05, 0) is 24.6 Å². The molecular formula is C14H19ClN2O2. The van der Waals surface area contributed by atoms with Crippen LogP contribution in [0.2, 0.25) is 5.02 Å². The average molecular weight is 283 g/mol. The van der Waals surface area contributed by atoms with Gasteiger partial charge < -0.3 is 9.80 Å². The average Bonchev–Trinajstić information content (AvgIpc) is 2.37. The lowest BCUT2D eigenvalue weighted by Crippen LogP contribution is -2.37. The Labute approximate surface area is 118 Å². The molecular weight excluding hydrogens is 264 g/mol. The molecule has 0 fully saturated rings. The standard InChI is InChI=1S/C14H19ClN2O2/c1-4-7-17(9-14(19)16(2)3)13-8-12(15)6-5-11(13)10-18/h5-6,8,10H,4,7,9H2,1-3H3. The topological polar surface area (TPSA) is 40.6 Å². The first-order valence-corrected chi connectivity index (χ1v) is 6.57. The molecule has 5 heteroatoms. The summed E-state index contributed by atoms with van der Waals surface area (Å²) in [5, 5.41) is 0.555. The SMILES string of the molecule is CCCN(CC(=O)N(C)C)c1cc(Cl)ccc1C=O. The quantitative estimate of drug-likeness (QED) is 0.753. The molecule has 0 saturated heterocycles. The molecule has 0 spiro atoms. The van der Waals surface area contributed by atoms with Crippen LogP contribution in [0.25, 0.3) is 0 Å². The van der Waals surface area contributed by atoms with Gasteiger partial charge in [0.25, 0.3) is 0 Å². The normalized spacial score (nSPS) is 10.1. The van der Waals surface area contributed by atoms with E-state index in [2.05, 4.69) is 0 Å². The Hall–Kier alpha value is -1.55. The number of rotatable bonds is 6. The van der Waals surface area contributed by atoms with E-state index < -0.39 is 0 Å². The lowest BCUT2D eigenvalue weighted by Gasteiger charge is -2.26. The van der Waals surface area contributed by atoms with E-state index in [9.17, 15) is 9.59 Å². The molecule has 0 aliphatic carbocycles. The molecule has 1 aromatic carbocycles. The van der Waals surface area contributed by atoms with Crippen LogP contribution in [0.15, 0.2) is 18.2 Å². The lowest BCUT2D eigenvalue weighted by molar-refractivity contribution is -0.127. The van der Waals surface area contributed by atoms with E-state index in [4.69, 9.17) is 11.6 Å². The molecule has 0 unspecified atom stereocenters. The van der Waals surface area contributed by atoms with Gasteiger partial charge in [-0.1, -0.05) is 18.5 Å². The Bertz CT molecular complexity index is 461. The van der Waals surface area contributed by atoms with E-state index in [1.807, 2.05) is 11.8 Å². The van der Waals surface area contributed by atoms with Crippen molar-refractivity contribution in [1.82, 2.24) is 4.90 Å². The highest BCUT2D eigenvalue weighted by Crippen LogP contribution is 2.24. The molecule has 1 amide bonds. The maximum atomic E-state index is 11.8. The number of likely N-dealkylation sites (N-methyl/N-ethyl adjacent to an activating group) is 1. The summed E-state index contributed by atoms with van der Waals surface area (Å²) in [6, 6.07) is 5.07. The molecule has 0 N–H and O–H groups in total. The van der Waals surface area contributed by atoms with Crippen LogP contribution >= 0.6 is 11.6 Å². The number of nitrogens with zero attached hydrogens (tertiary/aromatic N) is 2. The van der Waals surface area contributed by atoms with Crippen LogP contribution in [-0.4, -0.2) is 44.3 Å². The van der Waals surface area contributed by atoms with E-state index in [1.54, 1.807) is 32.3 Å². The van der Waals surface area contributed by atoms with E-state index in [1.165, 1.54) is 4.90 Å². The molecule has 104 valence electrons. The van der Waals surface area contributed by atoms with Crippen molar-refractivity contribution in [3.8, 4) is 0 Å². The molecule has 0 heterocycles. The highest BCUT2D eigenvalue weighted by atomic mass is 35.5. The fraction of sp³-hybridized carbons (Fsp3) is 0.429. The predicted octanol–water partition coefficient (Wildman–Crippen LogP) is 2.46. The summed E-state index contributed by atoms with van der Waals surface area (Å²) >= 11 is 5.98. The Morgan fingerprint density at radius 3 is 2.58 bits per heavy atom. The highest BCUT2D eigenvalue weighted by molar-refractivity contribution is 6.31. The summed E-state index contributed by atoms with van der Waals surface area (Å²) in [4.78, 5) is 26.4. The van der Waals surface area contributed by atoms with Crippen molar-refractivity contribution in [2.45, 2.75) is 13.3 Å². The Morgan fingerprint density at radius 1 is 1.37 bits per heavy atom. The number of carbonyl (C=O) groups is 2. The first-order valence-electron chi connectivity index (χ1n) is 6.19. The second-order valence-corrected chi connectivity index (χ2v) is 4.97. The number of hydrogen-bond acceptors (Lipinski definition) is 3. The van der Waals surface area contributed by atoms with Gasteiger partial charge in [0.1, 0.15) is 0 Å². The van der Waals surface area contributed by atoms with Crippen molar-refractivity contribution in [3.05, 3.63) is 28.8 Å². The Balaban J connectivity index is 3.07. The lowest BCUT2D eigenvalue weighted by atomic mass is 10.1. The summed E-state index contributed by atoms with van der Waals surface area (Å²) in [5.74, 6) is -0.00901. The van der Waals surface area contributed by atoms with Crippen molar-refractivity contribution < 1.29 is 9.59 Å². The zero-order chi connectivity index (χ0) is 14.4. The second kappa shape index (κ2) is 7.14. The van der Waals surface area contributed by atoms with E-state index >= 15 is 0 Å². The highest BCUT2D eigenvalue weighted by Gasteiger charge is 2.15. The van der Waals surface area contributed by atoms with Gasteiger partial charge in [0.15, 0.2) is 6.29 Å². The molecule has 1 rings (SSSR count). The van der Waals surface area contributed by atoms with Gasteiger partial charge in [0.05, 0.1) is 6.54 Å². The predicted molar refractivity (Wildman–Crippen MR) is 78.0 cm³/mol. The minimum atomic E-state index is -0.00901. The number of carbonyl (C=O) groups excluding carboxylic acids is 2. The van der Waals surface area contributed by atoms with Crippen LogP contribution in [-0.2, 0) is 4.79 Å². The minimum absolute atomic E-state index is 0.00901. The zero-order valence-corrected chi connectivity index (χ0v) is 12.3. The summed E-state index contributed by atoms with van der Waals surface area (Å²) in [5.41, 5.74) is 1.25. The van der Waals surface area contributed by atoms with Crippen LogP contribution in [0.1, 0.15) is 23.7 Å². The van der Waals surface area contributed by atoms with Gasteiger partial charge in [-0.2, -0.15) is 0 Å². The Kier molecular flexibility index (Phi) is 5.83. The zero-order valence-electron chi connectivity index (χ0n) is 11.5. The van der Waals surface area contributed by atoms with Crippen molar-refractivity contribution >= 4 is 29.5 Å². The summed E-state index contributed by atoms with van der Waals surface area (Å²) < 4.78 is 0. The molecule has 0 atom stereocenters. The summed E-state index contributed by atoms with van der Waals surface area (Å²) in [7, 11) is 3.43. The largest absolute Gasteiger partial charge is 0.362 e. The maximum absolute atomic E-state index is 11.8. The third-order valence-corrected chi connectivity index (χ3v) is 3.01. The third kappa shape index (κ3) is 4.24.